The summed E-state index contributed by atoms with van der Waals surface area (Å²) in [7, 11) is 1.67. The lowest BCUT2D eigenvalue weighted by atomic mass is 10.4. The van der Waals surface area contributed by atoms with E-state index in [0.717, 1.165) is 6.08 Å². The van der Waals surface area contributed by atoms with Gasteiger partial charge in [-0.3, -0.25) is 0 Å². The van der Waals surface area contributed by atoms with Crippen LogP contribution in [0, 0.1) is 0 Å². The van der Waals surface area contributed by atoms with Gasteiger partial charge in [-0.2, -0.15) is 0 Å². The molecule has 0 radical (unpaired) electrons. The Bertz CT molecular complexity index is 416. The number of hydrogen-bond donors (Lipinski definition) is 1. The molecule has 0 aliphatic heterocycles. The Balaban J connectivity index is 3.69. The van der Waals surface area contributed by atoms with Gasteiger partial charge < -0.3 is 10.3 Å². The van der Waals surface area contributed by atoms with Crippen LogP contribution < -0.4 is 16.4 Å². The zero-order valence-corrected chi connectivity index (χ0v) is 6.84. The maximum Gasteiger partial charge on any atom is 0.201 e. The largest absolute Gasteiger partial charge is 0.369 e. The molecule has 0 aliphatic carbocycles. The van der Waals surface area contributed by atoms with Crippen LogP contribution in [-0.2, 0) is 7.05 Å². The molecular formula is C8H10FN3. The van der Waals surface area contributed by atoms with E-state index in [1.54, 1.807) is 7.05 Å². The highest BCUT2D eigenvalue weighted by Crippen LogP contribution is 1.93. The van der Waals surface area contributed by atoms with Crippen LogP contribution in [0.2, 0.25) is 0 Å². The molecule has 0 saturated carbocycles. The molecule has 0 spiro atoms. The SMILES string of the molecule is C=C/C(F)=c1/nc(N)n(C)c1=C. The molecule has 4 heteroatoms. The zero-order valence-electron chi connectivity index (χ0n) is 6.84. The fourth-order valence-corrected chi connectivity index (χ4v) is 0.839. The van der Waals surface area contributed by atoms with Gasteiger partial charge in [0.1, 0.15) is 11.2 Å². The summed E-state index contributed by atoms with van der Waals surface area (Å²) in [6.45, 7) is 6.91. The van der Waals surface area contributed by atoms with Gasteiger partial charge in [0.25, 0.3) is 0 Å². The Morgan fingerprint density at radius 3 is 2.67 bits per heavy atom. The number of anilines is 1. The van der Waals surface area contributed by atoms with Crippen molar-refractivity contribution in [1.82, 2.24) is 9.55 Å². The second-order valence-corrected chi connectivity index (χ2v) is 2.38. The van der Waals surface area contributed by atoms with E-state index in [1.807, 2.05) is 0 Å². The Hall–Kier alpha value is -1.58. The molecule has 1 heterocycles. The fourth-order valence-electron chi connectivity index (χ4n) is 0.839. The van der Waals surface area contributed by atoms with Gasteiger partial charge in [-0.25, -0.2) is 9.37 Å². The first-order valence-electron chi connectivity index (χ1n) is 3.37. The van der Waals surface area contributed by atoms with Crippen molar-refractivity contribution in [3.8, 4) is 0 Å². The molecule has 0 aromatic carbocycles. The number of allylic oxidation sites excluding steroid dienone is 1. The molecule has 1 aromatic heterocycles. The molecule has 0 saturated heterocycles. The maximum absolute atomic E-state index is 12.9. The number of halogens is 1. The summed E-state index contributed by atoms with van der Waals surface area (Å²) in [6, 6.07) is 0. The third kappa shape index (κ3) is 1.11. The first kappa shape index (κ1) is 8.52. The normalized spacial score (nSPS) is 12.8. The number of rotatable bonds is 1. The lowest BCUT2D eigenvalue weighted by molar-refractivity contribution is 0.754. The van der Waals surface area contributed by atoms with Crippen LogP contribution in [0.4, 0.5) is 10.3 Å². The molecule has 0 atom stereocenters. The van der Waals surface area contributed by atoms with Crippen LogP contribution in [0.5, 0.6) is 0 Å². The summed E-state index contributed by atoms with van der Waals surface area (Å²) in [6.07, 6.45) is 1.08. The summed E-state index contributed by atoms with van der Waals surface area (Å²) in [5.41, 5.74) is 5.43. The molecule has 1 aromatic rings. The predicted octanol–water partition coefficient (Wildman–Crippen LogP) is -0.324. The minimum absolute atomic E-state index is 0.157. The van der Waals surface area contributed by atoms with E-state index in [0.29, 0.717) is 5.35 Å². The minimum atomic E-state index is -0.507. The number of nitrogens with zero attached hydrogens (tertiary/aromatic N) is 2. The summed E-state index contributed by atoms with van der Waals surface area (Å²) in [4.78, 5) is 3.78. The molecule has 12 heavy (non-hydrogen) atoms. The lowest BCUT2D eigenvalue weighted by Gasteiger charge is -1.89. The van der Waals surface area contributed by atoms with Crippen LogP contribution >= 0.6 is 0 Å². The summed E-state index contributed by atoms with van der Waals surface area (Å²) < 4.78 is 14.5. The number of nitrogen functional groups attached to an aromatic ring is 1. The Kier molecular flexibility index (Phi) is 1.99. The molecule has 0 bridgehead atoms. The van der Waals surface area contributed by atoms with Gasteiger partial charge >= 0.3 is 0 Å². The van der Waals surface area contributed by atoms with Crippen LogP contribution in [0.15, 0.2) is 12.7 Å². The quantitative estimate of drug-likeness (QED) is 0.622. The Labute approximate surface area is 69.3 Å². The molecule has 3 nitrogen and oxygen atoms in total. The third-order valence-electron chi connectivity index (χ3n) is 1.65. The summed E-state index contributed by atoms with van der Waals surface area (Å²) >= 11 is 0. The van der Waals surface area contributed by atoms with Gasteiger partial charge in [0.05, 0.1) is 5.35 Å². The molecule has 1 rings (SSSR count). The average Bonchev–Trinajstić information content (AvgIpc) is 2.32. The second-order valence-electron chi connectivity index (χ2n) is 2.38. The second kappa shape index (κ2) is 2.81. The standard InChI is InChI=1S/C8H10FN3/c1-4-6(9)7-5(2)12(3)8(10)11-7/h4H,1-2H2,3H3,(H2,10,11)/b7-6-. The Morgan fingerprint density at radius 2 is 2.33 bits per heavy atom. The van der Waals surface area contributed by atoms with E-state index in [1.165, 1.54) is 4.57 Å². The number of hydrogen-bond acceptors (Lipinski definition) is 2. The van der Waals surface area contributed by atoms with Gasteiger partial charge in [-0.1, -0.05) is 13.2 Å². The summed E-state index contributed by atoms with van der Waals surface area (Å²) in [5, 5.41) is 0.606. The molecule has 0 unspecified atom stereocenters. The highest BCUT2D eigenvalue weighted by Gasteiger charge is 2.00. The van der Waals surface area contributed by atoms with Gasteiger partial charge in [0.2, 0.25) is 5.95 Å². The van der Waals surface area contributed by atoms with Crippen molar-refractivity contribution in [2.24, 2.45) is 7.05 Å². The van der Waals surface area contributed by atoms with E-state index < -0.39 is 5.83 Å². The van der Waals surface area contributed by atoms with Gasteiger partial charge in [-0.05, 0) is 6.08 Å². The van der Waals surface area contributed by atoms with E-state index in [4.69, 9.17) is 5.73 Å². The first-order valence-corrected chi connectivity index (χ1v) is 3.37. The first-order chi connectivity index (χ1) is 5.57. The van der Waals surface area contributed by atoms with E-state index in [-0.39, 0.29) is 11.3 Å². The van der Waals surface area contributed by atoms with Crippen molar-refractivity contribution in [3.05, 3.63) is 23.4 Å². The molecule has 64 valence electrons. The van der Waals surface area contributed by atoms with Gasteiger partial charge in [-0.15, -0.1) is 0 Å². The molecule has 0 amide bonds. The number of nitrogens with two attached hydrogens (primary N) is 1. The monoisotopic (exact) mass is 167 g/mol. The average molecular weight is 167 g/mol. The van der Waals surface area contributed by atoms with E-state index >= 15 is 0 Å². The number of aromatic nitrogens is 2. The van der Waals surface area contributed by atoms with Crippen LogP contribution in [0.1, 0.15) is 0 Å². The highest BCUT2D eigenvalue weighted by molar-refractivity contribution is 5.46. The van der Waals surface area contributed by atoms with Crippen molar-refractivity contribution in [3.63, 3.8) is 0 Å². The Morgan fingerprint density at radius 1 is 1.75 bits per heavy atom. The van der Waals surface area contributed by atoms with Gasteiger partial charge in [0, 0.05) is 7.05 Å². The van der Waals surface area contributed by atoms with Crippen LogP contribution in [-0.4, -0.2) is 9.55 Å². The van der Waals surface area contributed by atoms with Gasteiger partial charge in [0.15, 0.2) is 0 Å². The smallest absolute Gasteiger partial charge is 0.201 e. The van der Waals surface area contributed by atoms with Crippen molar-refractivity contribution < 1.29 is 4.39 Å². The van der Waals surface area contributed by atoms with Crippen molar-refractivity contribution in [2.45, 2.75) is 0 Å². The minimum Gasteiger partial charge on any atom is -0.369 e. The third-order valence-corrected chi connectivity index (χ3v) is 1.65. The summed E-state index contributed by atoms with van der Waals surface area (Å²) in [5.74, 6) is -0.265. The molecule has 2 N–H and O–H groups in total. The van der Waals surface area contributed by atoms with Crippen molar-refractivity contribution >= 4 is 18.4 Å². The van der Waals surface area contributed by atoms with Crippen LogP contribution in [0.25, 0.3) is 12.4 Å². The topological polar surface area (TPSA) is 43.8 Å². The van der Waals surface area contributed by atoms with Crippen molar-refractivity contribution in [2.75, 3.05) is 5.73 Å². The van der Waals surface area contributed by atoms with E-state index in [2.05, 4.69) is 18.1 Å². The highest BCUT2D eigenvalue weighted by atomic mass is 19.1. The maximum atomic E-state index is 12.9. The van der Waals surface area contributed by atoms with Crippen molar-refractivity contribution in [1.29, 1.82) is 0 Å². The predicted molar refractivity (Wildman–Crippen MR) is 47.1 cm³/mol. The molecule has 0 aliphatic rings. The van der Waals surface area contributed by atoms with Crippen LogP contribution in [0.3, 0.4) is 0 Å². The van der Waals surface area contributed by atoms with E-state index in [9.17, 15) is 4.39 Å². The fraction of sp³-hybridized carbons (Fsp3) is 0.125. The lowest BCUT2D eigenvalue weighted by Crippen LogP contribution is -2.28. The number of imidazole rings is 1. The molecular weight excluding hydrogens is 157 g/mol. The zero-order chi connectivity index (χ0) is 9.30. The molecule has 0 fully saturated rings.